The number of carbonyl (C=O) groups excluding carboxylic acids is 2. The number of nitrogens with one attached hydrogen (secondary N) is 2. The first-order valence-electron chi connectivity index (χ1n) is 13.5. The fourth-order valence-electron chi connectivity index (χ4n) is 5.20. The predicted molar refractivity (Wildman–Crippen MR) is 157 cm³/mol. The van der Waals surface area contributed by atoms with Crippen molar-refractivity contribution in [3.63, 3.8) is 0 Å². The Morgan fingerprint density at radius 3 is 2.66 bits per heavy atom. The summed E-state index contributed by atoms with van der Waals surface area (Å²) in [4.78, 5) is 31.1. The molecule has 0 aliphatic carbocycles. The molecule has 2 amide bonds. The summed E-state index contributed by atoms with van der Waals surface area (Å²) in [6, 6.07) is 17.9. The average molecular weight is 595 g/mol. The van der Waals surface area contributed by atoms with Gasteiger partial charge in [-0.15, -0.1) is 0 Å². The van der Waals surface area contributed by atoms with Crippen molar-refractivity contribution in [2.24, 2.45) is 5.92 Å². The lowest BCUT2D eigenvalue weighted by atomic mass is 9.75. The summed E-state index contributed by atoms with van der Waals surface area (Å²) in [6.45, 7) is 4.42. The van der Waals surface area contributed by atoms with Gasteiger partial charge in [0.15, 0.2) is 5.82 Å². The molecular weight excluding hydrogens is 564 g/mol. The van der Waals surface area contributed by atoms with Gasteiger partial charge in [-0.3, -0.25) is 14.6 Å². The molecule has 7 nitrogen and oxygen atoms in total. The topological polar surface area (TPSA) is 88.9 Å². The van der Waals surface area contributed by atoms with Crippen molar-refractivity contribution in [1.29, 1.82) is 0 Å². The Morgan fingerprint density at radius 1 is 1.10 bits per heavy atom. The van der Waals surface area contributed by atoms with E-state index in [9.17, 15) is 14.0 Å². The summed E-state index contributed by atoms with van der Waals surface area (Å²) in [5.41, 5.74) is 2.30. The molecule has 0 saturated heterocycles. The molecule has 1 aliphatic heterocycles. The highest BCUT2D eigenvalue weighted by Gasteiger charge is 2.32. The second-order valence-electron chi connectivity index (χ2n) is 10.6. The van der Waals surface area contributed by atoms with Crippen LogP contribution in [0.25, 0.3) is 5.69 Å². The van der Waals surface area contributed by atoms with E-state index in [1.54, 1.807) is 12.3 Å². The molecule has 1 aliphatic rings. The zero-order valence-corrected chi connectivity index (χ0v) is 24.2. The number of nitrogens with zero attached hydrogens (tertiary/aromatic N) is 3. The van der Waals surface area contributed by atoms with Crippen molar-refractivity contribution < 1.29 is 14.0 Å². The number of fused-ring (bicyclic) bond motifs is 2. The summed E-state index contributed by atoms with van der Waals surface area (Å²) in [7, 11) is 0. The lowest BCUT2D eigenvalue weighted by Gasteiger charge is -2.33. The Bertz CT molecular complexity index is 1580. The van der Waals surface area contributed by atoms with Gasteiger partial charge in [0.2, 0.25) is 5.91 Å². The van der Waals surface area contributed by atoms with Gasteiger partial charge < -0.3 is 10.6 Å². The molecule has 2 bridgehead atoms. The number of carbonyl (C=O) groups is 2. The third-order valence-electron chi connectivity index (χ3n) is 7.80. The number of pyridine rings is 1. The standard InChI is InChI=1S/C31H30Cl2FN5O2/c1-19-8-6-12-24(38-30(41)22-17-37-39(28(22)33)26-13-7-11-23(32)27(26)34)25-16-21(14-15-35-25)31(2,18-36-29(19)40)20-9-4-3-5-10-20/h3-5,7,9-11,13-17,19,24H,6,8,12,18H2,1-2H3,(H,36,40)(H,38,41)/t19-,24+,31?/m1/s1. The average Bonchev–Trinajstić information content (AvgIpc) is 3.37. The van der Waals surface area contributed by atoms with E-state index in [1.165, 1.54) is 18.3 Å². The Morgan fingerprint density at radius 2 is 1.88 bits per heavy atom. The Balaban J connectivity index is 1.49. The van der Waals surface area contributed by atoms with Gasteiger partial charge in [0.25, 0.3) is 5.91 Å². The summed E-state index contributed by atoms with van der Waals surface area (Å²) < 4.78 is 15.8. The SMILES string of the molecule is C[C@@H]1CCC[C@H](NC(=O)c2cnn(-c3cccc(Cl)c3F)c2Cl)c2cc(ccn2)C(C)(c2ccccc2)CNC1=O. The molecule has 0 spiro atoms. The highest BCUT2D eigenvalue weighted by Crippen LogP contribution is 2.34. The van der Waals surface area contributed by atoms with Crippen molar-refractivity contribution in [3.05, 3.63) is 111 Å². The van der Waals surface area contributed by atoms with Crippen molar-refractivity contribution in [2.45, 2.75) is 44.6 Å². The smallest absolute Gasteiger partial charge is 0.256 e. The van der Waals surface area contributed by atoms with Crippen molar-refractivity contribution in [2.75, 3.05) is 6.54 Å². The molecule has 3 heterocycles. The highest BCUT2D eigenvalue weighted by atomic mass is 35.5. The molecule has 5 rings (SSSR count). The molecule has 10 heteroatoms. The minimum atomic E-state index is -0.689. The molecule has 1 unspecified atom stereocenters. The molecule has 4 aromatic rings. The maximum Gasteiger partial charge on any atom is 0.256 e. The van der Waals surface area contributed by atoms with Gasteiger partial charge >= 0.3 is 0 Å². The second-order valence-corrected chi connectivity index (χ2v) is 11.3. The zero-order chi connectivity index (χ0) is 29.1. The van der Waals surface area contributed by atoms with Crippen molar-refractivity contribution in [3.8, 4) is 5.69 Å². The molecule has 2 aromatic heterocycles. The van der Waals surface area contributed by atoms with E-state index in [0.717, 1.165) is 15.8 Å². The first-order chi connectivity index (χ1) is 19.7. The first-order valence-corrected chi connectivity index (χ1v) is 14.2. The van der Waals surface area contributed by atoms with Crippen molar-refractivity contribution in [1.82, 2.24) is 25.4 Å². The molecule has 212 valence electrons. The van der Waals surface area contributed by atoms with Crippen LogP contribution in [0.2, 0.25) is 10.2 Å². The van der Waals surface area contributed by atoms with E-state index < -0.39 is 23.2 Å². The first kappa shape index (κ1) is 28.8. The normalized spacial score (nSPS) is 21.3. The maximum atomic E-state index is 14.6. The minimum absolute atomic E-state index is 0.00459. The van der Waals surface area contributed by atoms with Crippen LogP contribution in [-0.4, -0.2) is 33.1 Å². The molecule has 0 fully saturated rings. The van der Waals surface area contributed by atoms with Gasteiger partial charge in [0.05, 0.1) is 28.5 Å². The quantitative estimate of drug-likeness (QED) is 0.285. The lowest BCUT2D eigenvalue weighted by Crippen LogP contribution is -2.42. The number of hydrogen-bond donors (Lipinski definition) is 2. The molecule has 2 aromatic carbocycles. The summed E-state index contributed by atoms with van der Waals surface area (Å²) in [5.74, 6) is -1.36. The Hall–Kier alpha value is -3.75. The molecule has 3 atom stereocenters. The third kappa shape index (κ3) is 5.85. The fraction of sp³-hybridized carbons (Fsp3) is 0.290. The number of rotatable bonds is 4. The zero-order valence-electron chi connectivity index (χ0n) is 22.7. The number of hydrogen-bond acceptors (Lipinski definition) is 4. The van der Waals surface area contributed by atoms with E-state index in [4.69, 9.17) is 23.2 Å². The van der Waals surface area contributed by atoms with Gasteiger partial charge in [-0.05, 0) is 55.2 Å². The Labute approximate surface area is 248 Å². The van der Waals surface area contributed by atoms with Gasteiger partial charge in [-0.2, -0.15) is 5.10 Å². The second kappa shape index (κ2) is 12.0. The predicted octanol–water partition coefficient (Wildman–Crippen LogP) is 6.43. The largest absolute Gasteiger partial charge is 0.355 e. The minimum Gasteiger partial charge on any atom is -0.355 e. The third-order valence-corrected chi connectivity index (χ3v) is 8.46. The summed E-state index contributed by atoms with van der Waals surface area (Å²) in [5, 5.41) is 10.2. The van der Waals surface area contributed by atoms with Crippen LogP contribution in [0.4, 0.5) is 4.39 Å². The van der Waals surface area contributed by atoms with Gasteiger partial charge in [0.1, 0.15) is 10.8 Å². The van der Waals surface area contributed by atoms with E-state index >= 15 is 0 Å². The van der Waals surface area contributed by atoms with Crippen LogP contribution in [0.5, 0.6) is 0 Å². The molecule has 2 N–H and O–H groups in total. The fourth-order valence-corrected chi connectivity index (χ4v) is 5.63. The monoisotopic (exact) mass is 593 g/mol. The van der Waals surface area contributed by atoms with E-state index in [0.29, 0.717) is 31.5 Å². The van der Waals surface area contributed by atoms with E-state index in [-0.39, 0.29) is 33.3 Å². The number of halogens is 3. The molecular formula is C31H30Cl2FN5O2. The van der Waals surface area contributed by atoms with Crippen LogP contribution in [0.3, 0.4) is 0 Å². The highest BCUT2D eigenvalue weighted by molar-refractivity contribution is 6.33. The van der Waals surface area contributed by atoms with Gasteiger partial charge in [-0.1, -0.05) is 72.9 Å². The molecule has 0 radical (unpaired) electrons. The Kier molecular flexibility index (Phi) is 8.42. The number of benzene rings is 2. The van der Waals surface area contributed by atoms with Crippen LogP contribution in [0, 0.1) is 11.7 Å². The van der Waals surface area contributed by atoms with Gasteiger partial charge in [0, 0.05) is 24.1 Å². The van der Waals surface area contributed by atoms with Crippen LogP contribution in [0.1, 0.15) is 66.3 Å². The van der Waals surface area contributed by atoms with Crippen molar-refractivity contribution >= 4 is 35.0 Å². The van der Waals surface area contributed by atoms with Crippen LogP contribution < -0.4 is 10.6 Å². The number of aromatic nitrogens is 3. The molecule has 0 saturated carbocycles. The van der Waals surface area contributed by atoms with Crippen LogP contribution in [-0.2, 0) is 10.2 Å². The van der Waals surface area contributed by atoms with Gasteiger partial charge in [-0.25, -0.2) is 9.07 Å². The lowest BCUT2D eigenvalue weighted by molar-refractivity contribution is -0.124. The van der Waals surface area contributed by atoms with Crippen LogP contribution >= 0.6 is 23.2 Å². The molecule has 41 heavy (non-hydrogen) atoms. The maximum absolute atomic E-state index is 14.6. The summed E-state index contributed by atoms with van der Waals surface area (Å²) >= 11 is 12.4. The summed E-state index contributed by atoms with van der Waals surface area (Å²) in [6.07, 6.45) is 4.91. The number of amides is 2. The van der Waals surface area contributed by atoms with Crippen LogP contribution in [0.15, 0.2) is 73.1 Å². The van der Waals surface area contributed by atoms with E-state index in [2.05, 4.69) is 27.6 Å². The van der Waals surface area contributed by atoms with E-state index in [1.807, 2.05) is 49.4 Å².